The Morgan fingerprint density at radius 3 is 2.75 bits per heavy atom. The van der Waals surface area contributed by atoms with Gasteiger partial charge in [0, 0.05) is 18.8 Å². The molecule has 100 valence electrons. The Morgan fingerprint density at radius 2 is 1.90 bits per heavy atom. The van der Waals surface area contributed by atoms with Crippen molar-refractivity contribution in [1.29, 1.82) is 0 Å². The average molecular weight is 281 g/mol. The molecule has 4 heteroatoms. The molecule has 4 rings (SSSR count). The van der Waals surface area contributed by atoms with E-state index in [-0.39, 0.29) is 0 Å². The monoisotopic (exact) mass is 281 g/mol. The van der Waals surface area contributed by atoms with Gasteiger partial charge in [0.2, 0.25) is 0 Å². The van der Waals surface area contributed by atoms with E-state index in [1.807, 2.05) is 23.9 Å². The van der Waals surface area contributed by atoms with E-state index in [1.54, 1.807) is 0 Å². The van der Waals surface area contributed by atoms with Crippen LogP contribution in [0.4, 0.5) is 11.4 Å². The Labute approximate surface area is 122 Å². The first-order valence-electron chi connectivity index (χ1n) is 6.73. The summed E-state index contributed by atoms with van der Waals surface area (Å²) in [5.74, 6) is 0. The fraction of sp³-hybridized carbons (Fsp3) is 0.188. The Hall–Kier alpha value is -1.94. The molecule has 2 aromatic rings. The molecule has 0 aromatic heterocycles. The predicted molar refractivity (Wildman–Crippen MR) is 85.1 cm³/mol. The van der Waals surface area contributed by atoms with E-state index in [1.165, 1.54) is 11.1 Å². The predicted octanol–water partition coefficient (Wildman–Crippen LogP) is 3.56. The van der Waals surface area contributed by atoms with Crippen LogP contribution in [0, 0.1) is 0 Å². The summed E-state index contributed by atoms with van der Waals surface area (Å²) in [6.07, 6.45) is 0. The number of aliphatic imine (C=N–C) groups is 1. The van der Waals surface area contributed by atoms with Crippen LogP contribution in [0.25, 0.3) is 0 Å². The average Bonchev–Trinajstić information content (AvgIpc) is 2.88. The highest BCUT2D eigenvalue weighted by Crippen LogP contribution is 2.42. The van der Waals surface area contributed by atoms with Crippen LogP contribution in [0.5, 0.6) is 0 Å². The standard InChI is InChI=1S/C16H15N3S/c17-13-7-5-11(6-8-13)15-10-19-9-12-3-1-2-4-14(12)18-16(19)20-15/h1-8,15H,9-10,17H2. The summed E-state index contributed by atoms with van der Waals surface area (Å²) in [6, 6.07) is 16.6. The highest BCUT2D eigenvalue weighted by atomic mass is 32.2. The van der Waals surface area contributed by atoms with Crippen molar-refractivity contribution in [2.75, 3.05) is 12.3 Å². The highest BCUT2D eigenvalue weighted by Gasteiger charge is 2.32. The molecular weight excluding hydrogens is 266 g/mol. The first kappa shape index (κ1) is 11.9. The van der Waals surface area contributed by atoms with Gasteiger partial charge >= 0.3 is 0 Å². The molecule has 0 saturated carbocycles. The SMILES string of the molecule is Nc1ccc(C2CN3Cc4ccccc4N=C3S2)cc1. The Morgan fingerprint density at radius 1 is 1.10 bits per heavy atom. The third-order valence-corrected chi connectivity index (χ3v) is 5.05. The minimum Gasteiger partial charge on any atom is -0.399 e. The Bertz CT molecular complexity index is 678. The largest absolute Gasteiger partial charge is 0.399 e. The van der Waals surface area contributed by atoms with Crippen molar-refractivity contribution in [3.05, 3.63) is 59.7 Å². The zero-order valence-electron chi connectivity index (χ0n) is 11.0. The van der Waals surface area contributed by atoms with Gasteiger partial charge in [-0.25, -0.2) is 4.99 Å². The molecule has 0 amide bonds. The van der Waals surface area contributed by atoms with Gasteiger partial charge in [-0.15, -0.1) is 0 Å². The third-order valence-electron chi connectivity index (χ3n) is 3.78. The van der Waals surface area contributed by atoms with Gasteiger partial charge in [-0.3, -0.25) is 0 Å². The Balaban J connectivity index is 1.62. The normalized spacial score (nSPS) is 20.3. The highest BCUT2D eigenvalue weighted by molar-refractivity contribution is 8.14. The van der Waals surface area contributed by atoms with Gasteiger partial charge in [0.15, 0.2) is 5.17 Å². The van der Waals surface area contributed by atoms with Gasteiger partial charge < -0.3 is 10.6 Å². The minimum absolute atomic E-state index is 0.448. The maximum atomic E-state index is 5.76. The number of fused-ring (bicyclic) bond motifs is 2. The van der Waals surface area contributed by atoms with Crippen molar-refractivity contribution in [1.82, 2.24) is 4.90 Å². The van der Waals surface area contributed by atoms with Crippen molar-refractivity contribution >= 4 is 28.3 Å². The lowest BCUT2D eigenvalue weighted by Gasteiger charge is -2.23. The van der Waals surface area contributed by atoms with E-state index in [9.17, 15) is 0 Å². The van der Waals surface area contributed by atoms with Gasteiger partial charge in [0.25, 0.3) is 0 Å². The number of nitrogen functional groups attached to an aromatic ring is 1. The molecule has 1 saturated heterocycles. The second-order valence-electron chi connectivity index (χ2n) is 5.18. The summed E-state index contributed by atoms with van der Waals surface area (Å²) in [5.41, 5.74) is 10.3. The number of amidine groups is 1. The van der Waals surface area contributed by atoms with Crippen LogP contribution in [0.15, 0.2) is 53.5 Å². The van der Waals surface area contributed by atoms with Crippen molar-refractivity contribution in [2.45, 2.75) is 11.8 Å². The molecule has 2 N–H and O–H groups in total. The molecule has 2 aromatic carbocycles. The second kappa shape index (κ2) is 4.56. The Kier molecular flexibility index (Phi) is 2.70. The van der Waals surface area contributed by atoms with Crippen LogP contribution in [0.1, 0.15) is 16.4 Å². The van der Waals surface area contributed by atoms with Crippen molar-refractivity contribution < 1.29 is 0 Å². The van der Waals surface area contributed by atoms with Crippen LogP contribution in [0.2, 0.25) is 0 Å². The number of anilines is 1. The summed E-state index contributed by atoms with van der Waals surface area (Å²) in [7, 11) is 0. The van der Waals surface area contributed by atoms with Crippen molar-refractivity contribution in [3.8, 4) is 0 Å². The lowest BCUT2D eigenvalue weighted by Crippen LogP contribution is -2.26. The first-order chi connectivity index (χ1) is 9.79. The summed E-state index contributed by atoms with van der Waals surface area (Å²) in [4.78, 5) is 7.15. The van der Waals surface area contributed by atoms with Crippen LogP contribution in [-0.4, -0.2) is 16.6 Å². The molecule has 0 radical (unpaired) electrons. The number of benzene rings is 2. The van der Waals surface area contributed by atoms with Gasteiger partial charge in [-0.2, -0.15) is 0 Å². The fourth-order valence-electron chi connectivity index (χ4n) is 2.69. The molecule has 2 heterocycles. The second-order valence-corrected chi connectivity index (χ2v) is 6.35. The van der Waals surface area contributed by atoms with E-state index in [2.05, 4.69) is 41.3 Å². The molecule has 1 unspecified atom stereocenters. The molecule has 0 bridgehead atoms. The number of thioether (sulfide) groups is 1. The lowest BCUT2D eigenvalue weighted by atomic mass is 10.1. The van der Waals surface area contributed by atoms with E-state index in [0.29, 0.717) is 5.25 Å². The molecular formula is C16H15N3S. The lowest BCUT2D eigenvalue weighted by molar-refractivity contribution is 0.429. The zero-order chi connectivity index (χ0) is 13.5. The molecule has 2 aliphatic rings. The molecule has 2 aliphatic heterocycles. The molecule has 1 atom stereocenters. The zero-order valence-corrected chi connectivity index (χ0v) is 11.8. The van der Waals surface area contributed by atoms with E-state index >= 15 is 0 Å². The summed E-state index contributed by atoms with van der Waals surface area (Å²) in [5, 5.41) is 1.59. The van der Waals surface area contributed by atoms with E-state index in [0.717, 1.165) is 29.6 Å². The topological polar surface area (TPSA) is 41.6 Å². The maximum absolute atomic E-state index is 5.76. The number of nitrogens with zero attached hydrogens (tertiary/aromatic N) is 2. The smallest absolute Gasteiger partial charge is 0.165 e. The third kappa shape index (κ3) is 1.96. The van der Waals surface area contributed by atoms with E-state index < -0.39 is 0 Å². The van der Waals surface area contributed by atoms with Crippen LogP contribution in [0.3, 0.4) is 0 Å². The maximum Gasteiger partial charge on any atom is 0.165 e. The number of nitrogens with two attached hydrogens (primary N) is 1. The fourth-order valence-corrected chi connectivity index (χ4v) is 3.93. The molecule has 1 fully saturated rings. The van der Waals surface area contributed by atoms with Crippen LogP contribution in [-0.2, 0) is 6.54 Å². The summed E-state index contributed by atoms with van der Waals surface area (Å²) >= 11 is 1.85. The quantitative estimate of drug-likeness (QED) is 0.813. The molecule has 0 aliphatic carbocycles. The molecule has 20 heavy (non-hydrogen) atoms. The van der Waals surface area contributed by atoms with Crippen molar-refractivity contribution in [3.63, 3.8) is 0 Å². The summed E-state index contributed by atoms with van der Waals surface area (Å²) < 4.78 is 0. The molecule has 3 nitrogen and oxygen atoms in total. The van der Waals surface area contributed by atoms with Gasteiger partial charge in [-0.05, 0) is 29.3 Å². The van der Waals surface area contributed by atoms with Gasteiger partial charge in [-0.1, -0.05) is 42.1 Å². The van der Waals surface area contributed by atoms with E-state index in [4.69, 9.17) is 10.7 Å². The number of hydrogen-bond donors (Lipinski definition) is 1. The van der Waals surface area contributed by atoms with Gasteiger partial charge in [0.1, 0.15) is 0 Å². The van der Waals surface area contributed by atoms with Crippen LogP contribution < -0.4 is 5.73 Å². The van der Waals surface area contributed by atoms with Crippen LogP contribution >= 0.6 is 11.8 Å². The minimum atomic E-state index is 0.448. The summed E-state index contributed by atoms with van der Waals surface area (Å²) in [6.45, 7) is 1.98. The molecule has 0 spiro atoms. The van der Waals surface area contributed by atoms with Crippen molar-refractivity contribution in [2.24, 2.45) is 4.99 Å². The van der Waals surface area contributed by atoms with Gasteiger partial charge in [0.05, 0.1) is 10.9 Å². The first-order valence-corrected chi connectivity index (χ1v) is 7.61. The number of hydrogen-bond acceptors (Lipinski definition) is 4. The number of rotatable bonds is 1. The number of para-hydroxylation sites is 1.